The summed E-state index contributed by atoms with van der Waals surface area (Å²) in [6, 6.07) is 24.3. The minimum Gasteiger partial charge on any atom is -0.497 e. The summed E-state index contributed by atoms with van der Waals surface area (Å²) in [5.74, 6) is 0.828. The third-order valence-corrected chi connectivity index (χ3v) is 6.19. The molecule has 0 radical (unpaired) electrons. The molecule has 0 bridgehead atoms. The number of hydrogen-bond acceptors (Lipinski definition) is 4. The van der Waals surface area contributed by atoms with Crippen LogP contribution in [0.25, 0.3) is 16.6 Å². The van der Waals surface area contributed by atoms with Crippen molar-refractivity contribution in [3.8, 4) is 11.4 Å². The van der Waals surface area contributed by atoms with Gasteiger partial charge < -0.3 is 9.30 Å². The van der Waals surface area contributed by atoms with Gasteiger partial charge in [-0.3, -0.25) is 9.36 Å². The molecule has 5 rings (SSSR count). The molecule has 0 spiro atoms. The van der Waals surface area contributed by atoms with Gasteiger partial charge in [0.2, 0.25) is 0 Å². The highest BCUT2D eigenvalue weighted by molar-refractivity contribution is 5.78. The van der Waals surface area contributed by atoms with E-state index < -0.39 is 0 Å². The molecule has 0 aliphatic carbocycles. The van der Waals surface area contributed by atoms with E-state index in [9.17, 15) is 9.59 Å². The van der Waals surface area contributed by atoms with Crippen LogP contribution in [-0.4, -0.2) is 25.8 Å². The van der Waals surface area contributed by atoms with Gasteiger partial charge in [-0.2, -0.15) is 0 Å². The highest BCUT2D eigenvalue weighted by Gasteiger charge is 2.14. The molecular formula is C28H26N4O3. The average Bonchev–Trinajstić information content (AvgIpc) is 3.34. The molecule has 2 aromatic heterocycles. The molecule has 176 valence electrons. The summed E-state index contributed by atoms with van der Waals surface area (Å²) in [5.41, 5.74) is 2.84. The fourth-order valence-corrected chi connectivity index (χ4v) is 4.39. The fourth-order valence-electron chi connectivity index (χ4n) is 4.39. The molecule has 0 aliphatic rings. The number of rotatable bonds is 8. The highest BCUT2D eigenvalue weighted by Crippen LogP contribution is 2.15. The van der Waals surface area contributed by atoms with E-state index in [1.807, 2.05) is 73.2 Å². The first kappa shape index (κ1) is 22.4. The normalized spacial score (nSPS) is 11.1. The van der Waals surface area contributed by atoms with E-state index in [1.165, 1.54) is 4.57 Å². The Balaban J connectivity index is 1.40. The smallest absolute Gasteiger partial charge is 0.336 e. The van der Waals surface area contributed by atoms with Gasteiger partial charge in [-0.15, -0.1) is 0 Å². The van der Waals surface area contributed by atoms with Crippen LogP contribution in [0.4, 0.5) is 0 Å². The Morgan fingerprint density at radius 2 is 1.63 bits per heavy atom. The summed E-state index contributed by atoms with van der Waals surface area (Å²) < 4.78 is 10.3. The third-order valence-electron chi connectivity index (χ3n) is 6.19. The molecule has 3 aromatic carbocycles. The molecule has 0 fully saturated rings. The van der Waals surface area contributed by atoms with Crippen molar-refractivity contribution >= 4 is 10.9 Å². The van der Waals surface area contributed by atoms with Crippen LogP contribution in [0.3, 0.4) is 0 Å². The Morgan fingerprint density at radius 3 is 2.40 bits per heavy atom. The number of nitrogens with zero attached hydrogens (tertiary/aromatic N) is 4. The summed E-state index contributed by atoms with van der Waals surface area (Å²) in [7, 11) is 1.66. The molecule has 35 heavy (non-hydrogen) atoms. The van der Waals surface area contributed by atoms with Crippen molar-refractivity contribution in [2.45, 2.75) is 25.9 Å². The highest BCUT2D eigenvalue weighted by atomic mass is 16.5. The van der Waals surface area contributed by atoms with Gasteiger partial charge in [0, 0.05) is 25.0 Å². The monoisotopic (exact) mass is 466 g/mol. The Hall–Kier alpha value is -4.39. The molecule has 7 heteroatoms. The van der Waals surface area contributed by atoms with Crippen molar-refractivity contribution in [1.82, 2.24) is 18.7 Å². The van der Waals surface area contributed by atoms with E-state index in [-0.39, 0.29) is 11.2 Å². The molecule has 0 atom stereocenters. The molecule has 0 saturated carbocycles. The molecule has 5 aromatic rings. The maximum absolute atomic E-state index is 13.5. The Morgan fingerprint density at radius 1 is 0.886 bits per heavy atom. The summed E-state index contributed by atoms with van der Waals surface area (Å²) >= 11 is 0. The van der Waals surface area contributed by atoms with E-state index in [2.05, 4.69) is 9.55 Å². The summed E-state index contributed by atoms with van der Waals surface area (Å²) in [4.78, 5) is 30.9. The van der Waals surface area contributed by atoms with Crippen LogP contribution in [0.5, 0.6) is 5.75 Å². The van der Waals surface area contributed by atoms with Crippen LogP contribution in [0.15, 0.2) is 101 Å². The lowest BCUT2D eigenvalue weighted by Crippen LogP contribution is -2.39. The number of ether oxygens (including phenoxy) is 1. The van der Waals surface area contributed by atoms with Crippen molar-refractivity contribution in [3.05, 3.63) is 123 Å². The number of imidazole rings is 1. The Labute approximate surface area is 202 Å². The molecule has 7 nitrogen and oxygen atoms in total. The molecule has 2 heterocycles. The SMILES string of the molecule is COc1ccc(Cn2cncc2CCCn2c(=O)n(-c3ccccc3)c(=O)c3ccccc32)cc1. The third kappa shape index (κ3) is 4.53. The van der Waals surface area contributed by atoms with Gasteiger partial charge in [0.15, 0.2) is 0 Å². The molecule has 0 amide bonds. The maximum Gasteiger partial charge on any atom is 0.336 e. The van der Waals surface area contributed by atoms with Crippen molar-refractivity contribution in [2.75, 3.05) is 7.11 Å². The largest absolute Gasteiger partial charge is 0.497 e. The minimum absolute atomic E-state index is 0.300. The number of hydrogen-bond donors (Lipinski definition) is 0. The zero-order valence-corrected chi connectivity index (χ0v) is 19.5. The number of aryl methyl sites for hydroxylation is 2. The molecule has 0 aliphatic heterocycles. The average molecular weight is 467 g/mol. The van der Waals surface area contributed by atoms with Crippen LogP contribution >= 0.6 is 0 Å². The van der Waals surface area contributed by atoms with E-state index in [1.54, 1.807) is 29.9 Å². The zero-order chi connectivity index (χ0) is 24.2. The van der Waals surface area contributed by atoms with Gasteiger partial charge in [0.25, 0.3) is 5.56 Å². The summed E-state index contributed by atoms with van der Waals surface area (Å²) in [6.07, 6.45) is 5.18. The van der Waals surface area contributed by atoms with Crippen LogP contribution < -0.4 is 16.0 Å². The second-order valence-corrected chi connectivity index (χ2v) is 8.39. The lowest BCUT2D eigenvalue weighted by atomic mass is 10.2. The van der Waals surface area contributed by atoms with Crippen LogP contribution in [0.2, 0.25) is 0 Å². The number of fused-ring (bicyclic) bond motifs is 1. The molecule has 0 saturated heterocycles. The van der Waals surface area contributed by atoms with E-state index in [0.717, 1.165) is 29.8 Å². The standard InChI is InChI=1S/C28H26N4O3/c1-35-24-15-13-21(14-16-24)19-30-20-29-18-23(30)10-7-17-31-26-12-6-5-11-25(26)27(33)32(28(31)34)22-8-3-2-4-9-22/h2-6,8-9,11-16,18,20H,7,10,17,19H2,1H3. The topological polar surface area (TPSA) is 71.0 Å². The van der Waals surface area contributed by atoms with Crippen molar-refractivity contribution in [3.63, 3.8) is 0 Å². The number of aromatic nitrogens is 4. The fraction of sp³-hybridized carbons (Fsp3) is 0.179. The zero-order valence-electron chi connectivity index (χ0n) is 19.5. The second-order valence-electron chi connectivity index (χ2n) is 8.39. The predicted molar refractivity (Wildman–Crippen MR) is 136 cm³/mol. The lowest BCUT2D eigenvalue weighted by Gasteiger charge is -2.14. The second kappa shape index (κ2) is 9.85. The number of benzene rings is 3. The van der Waals surface area contributed by atoms with E-state index in [4.69, 9.17) is 4.74 Å². The Bertz CT molecular complexity index is 1560. The van der Waals surface area contributed by atoms with E-state index >= 15 is 0 Å². The van der Waals surface area contributed by atoms with Gasteiger partial charge in [-0.1, -0.05) is 42.5 Å². The van der Waals surface area contributed by atoms with Crippen LogP contribution in [-0.2, 0) is 19.5 Å². The first-order valence-electron chi connectivity index (χ1n) is 11.6. The van der Waals surface area contributed by atoms with Gasteiger partial charge in [-0.05, 0) is 54.8 Å². The van der Waals surface area contributed by atoms with Crippen molar-refractivity contribution in [2.24, 2.45) is 0 Å². The minimum atomic E-state index is -0.327. The molecular weight excluding hydrogens is 440 g/mol. The van der Waals surface area contributed by atoms with Gasteiger partial charge in [-0.25, -0.2) is 14.3 Å². The van der Waals surface area contributed by atoms with Crippen molar-refractivity contribution in [1.29, 1.82) is 0 Å². The lowest BCUT2D eigenvalue weighted by molar-refractivity contribution is 0.414. The van der Waals surface area contributed by atoms with Crippen LogP contribution in [0.1, 0.15) is 17.7 Å². The summed E-state index contributed by atoms with van der Waals surface area (Å²) in [6.45, 7) is 1.20. The van der Waals surface area contributed by atoms with Gasteiger partial charge >= 0.3 is 5.69 Å². The molecule has 0 N–H and O–H groups in total. The van der Waals surface area contributed by atoms with Crippen molar-refractivity contribution < 1.29 is 4.74 Å². The first-order valence-corrected chi connectivity index (χ1v) is 11.6. The number of methoxy groups -OCH3 is 1. The van der Waals surface area contributed by atoms with Gasteiger partial charge in [0.1, 0.15) is 5.75 Å². The predicted octanol–water partition coefficient (Wildman–Crippen LogP) is 4.04. The number of para-hydroxylation sites is 2. The first-order chi connectivity index (χ1) is 17.2. The van der Waals surface area contributed by atoms with Crippen LogP contribution in [0, 0.1) is 0 Å². The van der Waals surface area contributed by atoms with Gasteiger partial charge in [0.05, 0.1) is 30.0 Å². The van der Waals surface area contributed by atoms with E-state index in [0.29, 0.717) is 29.7 Å². The quantitative estimate of drug-likeness (QED) is 0.346. The molecule has 0 unspecified atom stereocenters. The summed E-state index contributed by atoms with van der Waals surface area (Å²) in [5, 5.41) is 0.528. The Kier molecular flexibility index (Phi) is 6.30. The maximum atomic E-state index is 13.5.